The maximum Gasteiger partial charge on any atom is 0.163 e. The van der Waals surface area contributed by atoms with Crippen LogP contribution in [0.5, 0.6) is 11.5 Å². The fraction of sp³-hybridized carbons (Fsp3) is 0.222. The first kappa shape index (κ1) is 20.2. The quantitative estimate of drug-likeness (QED) is 0.562. The zero-order valence-electron chi connectivity index (χ0n) is 18.2. The first-order valence-corrected chi connectivity index (χ1v) is 10.8. The fourth-order valence-corrected chi connectivity index (χ4v) is 4.85. The van der Waals surface area contributed by atoms with Gasteiger partial charge in [0.1, 0.15) is 11.5 Å². The van der Waals surface area contributed by atoms with Crippen molar-refractivity contribution in [3.63, 3.8) is 0 Å². The van der Waals surface area contributed by atoms with Gasteiger partial charge in [0.15, 0.2) is 5.78 Å². The van der Waals surface area contributed by atoms with Gasteiger partial charge in [0.2, 0.25) is 0 Å². The van der Waals surface area contributed by atoms with E-state index < -0.39 is 0 Å². The van der Waals surface area contributed by atoms with Gasteiger partial charge in [-0.15, -0.1) is 0 Å². The molecule has 2 aliphatic rings. The summed E-state index contributed by atoms with van der Waals surface area (Å²) in [5, 5.41) is 7.19. The Bertz CT molecular complexity index is 1200. The molecule has 162 valence electrons. The zero-order valence-corrected chi connectivity index (χ0v) is 18.2. The predicted octanol–water partition coefficient (Wildman–Crippen LogP) is 5.68. The molecule has 1 heterocycles. The molecular formula is C27H26N2O3. The zero-order chi connectivity index (χ0) is 22.1. The van der Waals surface area contributed by atoms with Gasteiger partial charge in [0, 0.05) is 29.2 Å². The van der Waals surface area contributed by atoms with Gasteiger partial charge in [-0.25, -0.2) is 0 Å². The summed E-state index contributed by atoms with van der Waals surface area (Å²) < 4.78 is 11.2. The van der Waals surface area contributed by atoms with E-state index in [9.17, 15) is 4.79 Å². The number of hydrogen-bond donors (Lipinski definition) is 2. The van der Waals surface area contributed by atoms with Gasteiger partial charge in [-0.1, -0.05) is 48.5 Å². The molecule has 0 bridgehead atoms. The standard InChI is InChI=1S/C27H26N2O3/c1-31-24-13-7-3-9-18(24)17-15-22-26(23(30)16-17)27(19-10-4-8-14-25(19)32-2)29-21-12-6-5-11-20(21)28-22/h3-14,17,27-29H,15-16H2,1-2H3. The second-order valence-corrected chi connectivity index (χ2v) is 8.15. The van der Waals surface area contributed by atoms with Crippen molar-refractivity contribution in [2.75, 3.05) is 24.9 Å². The monoisotopic (exact) mass is 426 g/mol. The summed E-state index contributed by atoms with van der Waals surface area (Å²) in [7, 11) is 3.34. The van der Waals surface area contributed by atoms with Gasteiger partial charge in [-0.05, 0) is 36.2 Å². The normalized spacial score (nSPS) is 19.8. The molecule has 2 N–H and O–H groups in total. The number of rotatable bonds is 4. The average molecular weight is 427 g/mol. The van der Waals surface area contributed by atoms with Gasteiger partial charge in [0.05, 0.1) is 31.6 Å². The van der Waals surface area contributed by atoms with Crippen molar-refractivity contribution in [3.8, 4) is 11.5 Å². The Kier molecular flexibility index (Phi) is 5.31. The lowest BCUT2D eigenvalue weighted by Gasteiger charge is -2.31. The van der Waals surface area contributed by atoms with Crippen molar-refractivity contribution >= 4 is 17.2 Å². The average Bonchev–Trinajstić information content (AvgIpc) is 3.00. The maximum atomic E-state index is 13.7. The second kappa shape index (κ2) is 8.42. The Morgan fingerprint density at radius 3 is 2.06 bits per heavy atom. The first-order valence-electron chi connectivity index (χ1n) is 10.8. The lowest BCUT2D eigenvalue weighted by molar-refractivity contribution is -0.116. The number of carbonyl (C=O) groups is 1. The second-order valence-electron chi connectivity index (χ2n) is 8.15. The third-order valence-electron chi connectivity index (χ3n) is 6.34. The van der Waals surface area contributed by atoms with Crippen LogP contribution >= 0.6 is 0 Å². The molecule has 32 heavy (non-hydrogen) atoms. The van der Waals surface area contributed by atoms with Crippen LogP contribution in [0.3, 0.4) is 0 Å². The van der Waals surface area contributed by atoms with Crippen LogP contribution in [-0.2, 0) is 4.79 Å². The summed E-state index contributed by atoms with van der Waals surface area (Å²) in [6, 6.07) is 23.6. The molecule has 1 aliphatic heterocycles. The lowest BCUT2D eigenvalue weighted by Crippen LogP contribution is -2.27. The van der Waals surface area contributed by atoms with E-state index >= 15 is 0 Å². The predicted molar refractivity (Wildman–Crippen MR) is 126 cm³/mol. The minimum atomic E-state index is -0.302. The van der Waals surface area contributed by atoms with Crippen LogP contribution in [0.4, 0.5) is 11.4 Å². The van der Waals surface area contributed by atoms with E-state index in [1.54, 1.807) is 14.2 Å². The Hall–Kier alpha value is -3.73. The van der Waals surface area contributed by atoms with E-state index in [2.05, 4.69) is 16.7 Å². The van der Waals surface area contributed by atoms with Gasteiger partial charge in [0.25, 0.3) is 0 Å². The van der Waals surface area contributed by atoms with Crippen LogP contribution in [0.2, 0.25) is 0 Å². The van der Waals surface area contributed by atoms with Gasteiger partial charge < -0.3 is 20.1 Å². The van der Waals surface area contributed by atoms with E-state index in [4.69, 9.17) is 9.47 Å². The van der Waals surface area contributed by atoms with Crippen molar-refractivity contribution in [2.24, 2.45) is 0 Å². The first-order chi connectivity index (χ1) is 15.7. The van der Waals surface area contributed by atoms with Crippen LogP contribution in [0.25, 0.3) is 0 Å². The number of para-hydroxylation sites is 4. The van der Waals surface area contributed by atoms with Crippen molar-refractivity contribution < 1.29 is 14.3 Å². The molecule has 3 aromatic carbocycles. The van der Waals surface area contributed by atoms with Crippen molar-refractivity contribution in [2.45, 2.75) is 24.8 Å². The highest BCUT2D eigenvalue weighted by molar-refractivity contribution is 6.01. The minimum absolute atomic E-state index is 0.0495. The fourth-order valence-electron chi connectivity index (χ4n) is 4.85. The Morgan fingerprint density at radius 2 is 1.34 bits per heavy atom. The molecule has 0 aromatic heterocycles. The van der Waals surface area contributed by atoms with Crippen molar-refractivity contribution in [1.29, 1.82) is 0 Å². The highest BCUT2D eigenvalue weighted by Crippen LogP contribution is 2.46. The van der Waals surface area contributed by atoms with E-state index in [1.807, 2.05) is 66.7 Å². The highest BCUT2D eigenvalue weighted by Gasteiger charge is 2.37. The molecule has 0 spiro atoms. The number of nitrogens with one attached hydrogen (secondary N) is 2. The minimum Gasteiger partial charge on any atom is -0.496 e. The highest BCUT2D eigenvalue weighted by atomic mass is 16.5. The number of methoxy groups -OCH3 is 2. The van der Waals surface area contributed by atoms with Crippen LogP contribution in [0.15, 0.2) is 84.1 Å². The molecule has 5 nitrogen and oxygen atoms in total. The summed E-state index contributed by atoms with van der Waals surface area (Å²) in [4.78, 5) is 13.7. The molecule has 5 rings (SSSR count). The number of ether oxygens (including phenoxy) is 2. The molecule has 0 fully saturated rings. The molecule has 1 aliphatic carbocycles. The van der Waals surface area contributed by atoms with E-state index in [-0.39, 0.29) is 17.7 Å². The molecule has 0 radical (unpaired) electrons. The number of carbonyl (C=O) groups excluding carboxylic acids is 1. The summed E-state index contributed by atoms with van der Waals surface area (Å²) in [5.41, 5.74) is 5.66. The van der Waals surface area contributed by atoms with Crippen molar-refractivity contribution in [3.05, 3.63) is 95.2 Å². The number of fused-ring (bicyclic) bond motifs is 1. The number of ketones is 1. The molecule has 0 amide bonds. The Labute approximate surface area is 188 Å². The number of allylic oxidation sites excluding steroid dienone is 1. The molecule has 0 saturated carbocycles. The summed E-state index contributed by atoms with van der Waals surface area (Å²) in [6.45, 7) is 0. The molecule has 0 saturated heterocycles. The summed E-state index contributed by atoms with van der Waals surface area (Å²) in [5.74, 6) is 1.76. The van der Waals surface area contributed by atoms with E-state index in [0.29, 0.717) is 6.42 Å². The number of benzene rings is 3. The maximum absolute atomic E-state index is 13.7. The van der Waals surface area contributed by atoms with Gasteiger partial charge in [-0.3, -0.25) is 4.79 Å². The molecule has 2 atom stereocenters. The summed E-state index contributed by atoms with van der Waals surface area (Å²) in [6.07, 6.45) is 1.16. The topological polar surface area (TPSA) is 59.6 Å². The van der Waals surface area contributed by atoms with Crippen LogP contribution in [0.1, 0.15) is 35.9 Å². The van der Waals surface area contributed by atoms with Crippen LogP contribution in [0, 0.1) is 0 Å². The van der Waals surface area contributed by atoms with Crippen LogP contribution < -0.4 is 20.1 Å². The molecule has 5 heteroatoms. The van der Waals surface area contributed by atoms with E-state index in [1.165, 1.54) is 0 Å². The summed E-state index contributed by atoms with van der Waals surface area (Å²) >= 11 is 0. The lowest BCUT2D eigenvalue weighted by atomic mass is 9.78. The van der Waals surface area contributed by atoms with E-state index in [0.717, 1.165) is 51.7 Å². The SMILES string of the molecule is COc1ccccc1C1CC(=O)C2=C(C1)Nc1ccccc1NC2c1ccccc1OC. The Balaban J connectivity index is 1.64. The largest absolute Gasteiger partial charge is 0.496 e. The number of anilines is 2. The van der Waals surface area contributed by atoms with Crippen molar-refractivity contribution in [1.82, 2.24) is 0 Å². The third kappa shape index (κ3) is 3.50. The molecule has 3 aromatic rings. The third-order valence-corrected chi connectivity index (χ3v) is 6.34. The number of Topliss-reactive ketones (excluding diaryl/α,β-unsaturated/α-hetero) is 1. The van der Waals surface area contributed by atoms with Gasteiger partial charge in [-0.2, -0.15) is 0 Å². The number of hydrogen-bond acceptors (Lipinski definition) is 5. The van der Waals surface area contributed by atoms with Gasteiger partial charge >= 0.3 is 0 Å². The van der Waals surface area contributed by atoms with Crippen LogP contribution in [-0.4, -0.2) is 20.0 Å². The Morgan fingerprint density at radius 1 is 0.750 bits per heavy atom. The molecule has 2 unspecified atom stereocenters. The smallest absolute Gasteiger partial charge is 0.163 e. The molecular weight excluding hydrogens is 400 g/mol.